The lowest BCUT2D eigenvalue weighted by molar-refractivity contribution is -0.129. The van der Waals surface area contributed by atoms with Crippen molar-refractivity contribution in [2.75, 3.05) is 0 Å². The van der Waals surface area contributed by atoms with Crippen molar-refractivity contribution in [3.63, 3.8) is 0 Å². The van der Waals surface area contributed by atoms with E-state index in [1.807, 2.05) is 13.8 Å². The Balaban J connectivity index is 2.33. The highest BCUT2D eigenvalue weighted by Crippen LogP contribution is 2.22. The number of rotatable bonds is 7. The third-order valence-corrected chi connectivity index (χ3v) is 3.99. The molecule has 3 atom stereocenters. The lowest BCUT2D eigenvalue weighted by Crippen LogP contribution is -2.38. The second kappa shape index (κ2) is 7.51. The molecule has 0 saturated carbocycles. The number of carbonyl (C=O) groups is 2. The molecule has 2 amide bonds. The molecular formula is C15H27NO3. The molecule has 0 unspecified atom stereocenters. The Kier molecular flexibility index (Phi) is 6.32. The van der Waals surface area contributed by atoms with Gasteiger partial charge in [-0.1, -0.05) is 39.5 Å². The molecular weight excluding hydrogens is 242 g/mol. The molecule has 1 aliphatic heterocycles. The van der Waals surface area contributed by atoms with Gasteiger partial charge < -0.3 is 4.74 Å². The van der Waals surface area contributed by atoms with Crippen LogP contribution in [0.15, 0.2) is 0 Å². The van der Waals surface area contributed by atoms with Crippen LogP contribution in [-0.2, 0) is 9.53 Å². The van der Waals surface area contributed by atoms with E-state index in [9.17, 15) is 9.59 Å². The Hall–Kier alpha value is -1.06. The molecule has 4 heteroatoms. The average molecular weight is 269 g/mol. The van der Waals surface area contributed by atoms with Gasteiger partial charge in [0.15, 0.2) is 0 Å². The van der Waals surface area contributed by atoms with Crippen molar-refractivity contribution in [3.05, 3.63) is 0 Å². The summed E-state index contributed by atoms with van der Waals surface area (Å²) < 4.78 is 5.06. The van der Waals surface area contributed by atoms with Gasteiger partial charge in [-0.2, -0.15) is 0 Å². The van der Waals surface area contributed by atoms with Gasteiger partial charge >= 0.3 is 6.09 Å². The van der Waals surface area contributed by atoms with Crippen LogP contribution in [0.5, 0.6) is 0 Å². The summed E-state index contributed by atoms with van der Waals surface area (Å²) in [6.07, 6.45) is 5.49. The van der Waals surface area contributed by atoms with E-state index in [0.29, 0.717) is 12.3 Å². The van der Waals surface area contributed by atoms with E-state index in [-0.39, 0.29) is 18.1 Å². The fourth-order valence-electron chi connectivity index (χ4n) is 2.40. The molecule has 1 rings (SSSR count). The number of amides is 2. The second-order valence-corrected chi connectivity index (χ2v) is 5.73. The molecule has 4 nitrogen and oxygen atoms in total. The maximum absolute atomic E-state index is 12.1. The lowest BCUT2D eigenvalue weighted by Gasteiger charge is -2.18. The van der Waals surface area contributed by atoms with Crippen molar-refractivity contribution in [2.24, 2.45) is 5.92 Å². The predicted molar refractivity (Wildman–Crippen MR) is 74.8 cm³/mol. The molecule has 0 aromatic rings. The van der Waals surface area contributed by atoms with Crippen molar-refractivity contribution in [1.82, 2.24) is 4.90 Å². The van der Waals surface area contributed by atoms with Gasteiger partial charge in [0.25, 0.3) is 0 Å². The SMILES string of the molecule is CCCCC[C@@H](C)CCC(=O)N1C(=O)O[C@@H](C)[C@H]1C. The molecule has 0 radical (unpaired) electrons. The van der Waals surface area contributed by atoms with Crippen LogP contribution in [0.2, 0.25) is 0 Å². The maximum Gasteiger partial charge on any atom is 0.417 e. The van der Waals surface area contributed by atoms with Crippen molar-refractivity contribution in [2.45, 2.75) is 78.4 Å². The Morgan fingerprint density at radius 1 is 1.32 bits per heavy atom. The van der Waals surface area contributed by atoms with Gasteiger partial charge in [-0.05, 0) is 26.2 Å². The zero-order valence-corrected chi connectivity index (χ0v) is 12.6. The molecule has 19 heavy (non-hydrogen) atoms. The van der Waals surface area contributed by atoms with Crippen LogP contribution in [0.1, 0.15) is 66.2 Å². The van der Waals surface area contributed by atoms with E-state index < -0.39 is 6.09 Å². The molecule has 110 valence electrons. The summed E-state index contributed by atoms with van der Waals surface area (Å²) in [5.74, 6) is 0.450. The van der Waals surface area contributed by atoms with Gasteiger partial charge in [0.2, 0.25) is 5.91 Å². The number of hydrogen-bond acceptors (Lipinski definition) is 3. The minimum absolute atomic E-state index is 0.0933. The number of imide groups is 1. The van der Waals surface area contributed by atoms with Crippen LogP contribution in [0, 0.1) is 5.92 Å². The van der Waals surface area contributed by atoms with Gasteiger partial charge in [-0.25, -0.2) is 9.69 Å². The molecule has 0 aromatic heterocycles. The average Bonchev–Trinajstić information content (AvgIpc) is 2.61. The Labute approximate surface area is 116 Å². The largest absolute Gasteiger partial charge is 0.444 e. The van der Waals surface area contributed by atoms with Gasteiger partial charge in [0, 0.05) is 6.42 Å². The van der Waals surface area contributed by atoms with E-state index >= 15 is 0 Å². The topological polar surface area (TPSA) is 46.6 Å². The summed E-state index contributed by atoms with van der Waals surface area (Å²) in [5.41, 5.74) is 0. The molecule has 1 heterocycles. The Morgan fingerprint density at radius 2 is 2.00 bits per heavy atom. The summed E-state index contributed by atoms with van der Waals surface area (Å²) in [6, 6.07) is -0.143. The summed E-state index contributed by atoms with van der Waals surface area (Å²) in [7, 11) is 0. The van der Waals surface area contributed by atoms with Crippen LogP contribution >= 0.6 is 0 Å². The quantitative estimate of drug-likeness (QED) is 0.661. The first-order valence-corrected chi connectivity index (χ1v) is 7.50. The minimum atomic E-state index is -0.483. The summed E-state index contributed by atoms with van der Waals surface area (Å²) in [6.45, 7) is 8.05. The zero-order valence-electron chi connectivity index (χ0n) is 12.6. The summed E-state index contributed by atoms with van der Waals surface area (Å²) >= 11 is 0. The van der Waals surface area contributed by atoms with E-state index in [4.69, 9.17) is 4.74 Å². The Morgan fingerprint density at radius 3 is 2.53 bits per heavy atom. The number of hydrogen-bond donors (Lipinski definition) is 0. The number of ether oxygens (including phenoxy) is 1. The number of nitrogens with zero attached hydrogens (tertiary/aromatic N) is 1. The lowest BCUT2D eigenvalue weighted by atomic mass is 9.98. The smallest absolute Gasteiger partial charge is 0.417 e. The molecule has 0 aromatic carbocycles. The summed E-state index contributed by atoms with van der Waals surface area (Å²) in [4.78, 5) is 24.9. The number of unbranched alkanes of at least 4 members (excludes halogenated alkanes) is 2. The minimum Gasteiger partial charge on any atom is -0.444 e. The van der Waals surface area contributed by atoms with E-state index in [2.05, 4.69) is 13.8 Å². The van der Waals surface area contributed by atoms with Crippen LogP contribution in [0.25, 0.3) is 0 Å². The fraction of sp³-hybridized carbons (Fsp3) is 0.867. The second-order valence-electron chi connectivity index (χ2n) is 5.73. The third kappa shape index (κ3) is 4.51. The molecule has 0 N–H and O–H groups in total. The van der Waals surface area contributed by atoms with Crippen LogP contribution in [0.4, 0.5) is 4.79 Å². The predicted octanol–water partition coefficient (Wildman–Crippen LogP) is 3.74. The molecule has 0 aliphatic carbocycles. The van der Waals surface area contributed by atoms with Gasteiger partial charge in [-0.3, -0.25) is 4.79 Å². The van der Waals surface area contributed by atoms with Gasteiger partial charge in [0.05, 0.1) is 6.04 Å². The molecule has 1 saturated heterocycles. The normalized spacial score (nSPS) is 24.4. The first-order chi connectivity index (χ1) is 8.97. The first-order valence-electron chi connectivity index (χ1n) is 7.50. The van der Waals surface area contributed by atoms with Crippen molar-refractivity contribution >= 4 is 12.0 Å². The van der Waals surface area contributed by atoms with Crippen LogP contribution < -0.4 is 0 Å². The molecule has 1 fully saturated rings. The highest BCUT2D eigenvalue weighted by molar-refractivity contribution is 5.93. The van der Waals surface area contributed by atoms with Crippen LogP contribution in [-0.4, -0.2) is 29.0 Å². The fourth-order valence-corrected chi connectivity index (χ4v) is 2.40. The Bertz CT molecular complexity index is 317. The molecule has 1 aliphatic rings. The number of cyclic esters (lactones) is 1. The van der Waals surface area contributed by atoms with E-state index in [1.165, 1.54) is 24.2 Å². The maximum atomic E-state index is 12.1. The van der Waals surface area contributed by atoms with E-state index in [1.54, 1.807) is 0 Å². The standard InChI is InChI=1S/C15H27NO3/c1-5-6-7-8-11(2)9-10-14(17)16-12(3)13(4)19-15(16)18/h11-13H,5-10H2,1-4H3/t11-,12-,13+/m1/s1. The van der Waals surface area contributed by atoms with Crippen molar-refractivity contribution in [3.8, 4) is 0 Å². The van der Waals surface area contributed by atoms with Crippen molar-refractivity contribution < 1.29 is 14.3 Å². The van der Waals surface area contributed by atoms with Gasteiger partial charge in [0.1, 0.15) is 6.10 Å². The summed E-state index contributed by atoms with van der Waals surface area (Å²) in [5, 5.41) is 0. The monoisotopic (exact) mass is 269 g/mol. The molecule has 0 bridgehead atoms. The zero-order chi connectivity index (χ0) is 14.4. The van der Waals surface area contributed by atoms with E-state index in [0.717, 1.165) is 12.8 Å². The highest BCUT2D eigenvalue weighted by Gasteiger charge is 2.39. The van der Waals surface area contributed by atoms with Gasteiger partial charge in [-0.15, -0.1) is 0 Å². The third-order valence-electron chi connectivity index (χ3n) is 3.99. The first kappa shape index (κ1) is 16.0. The molecule has 0 spiro atoms. The highest BCUT2D eigenvalue weighted by atomic mass is 16.6. The van der Waals surface area contributed by atoms with Crippen LogP contribution in [0.3, 0.4) is 0 Å². The number of carbonyl (C=O) groups excluding carboxylic acids is 2. The van der Waals surface area contributed by atoms with Crippen molar-refractivity contribution in [1.29, 1.82) is 0 Å².